The summed E-state index contributed by atoms with van der Waals surface area (Å²) in [5.41, 5.74) is 0. The van der Waals surface area contributed by atoms with Gasteiger partial charge < -0.3 is 69.7 Å². The second-order valence-corrected chi connectivity index (χ2v) is 19.8. The average molecular weight is 1030 g/mol. The summed E-state index contributed by atoms with van der Waals surface area (Å²) >= 11 is 0. The zero-order valence-corrected chi connectivity index (χ0v) is 39.9. The van der Waals surface area contributed by atoms with Crippen LogP contribution in [0.4, 0.5) is 0 Å². The van der Waals surface area contributed by atoms with E-state index < -0.39 is 156 Å². The predicted octanol–water partition coefficient (Wildman–Crippen LogP) is -2.10. The summed E-state index contributed by atoms with van der Waals surface area (Å²) in [6.07, 6.45) is -17.6. The van der Waals surface area contributed by atoms with Crippen molar-refractivity contribution in [1.29, 1.82) is 0 Å². The zero-order valence-electron chi connectivity index (χ0n) is 38.2. The van der Waals surface area contributed by atoms with Crippen LogP contribution in [0.2, 0.25) is 0 Å². The Morgan fingerprint density at radius 2 is 1.50 bits per heavy atom. The second-order valence-electron chi connectivity index (χ2n) is 17.7. The maximum Gasteiger partial charge on any atom is 0.398 e. The molecule has 4 fully saturated rings. The summed E-state index contributed by atoms with van der Waals surface area (Å²) in [5, 5.41) is 68.9. The highest BCUT2D eigenvalue weighted by atomic mass is 32.3. The first kappa shape index (κ1) is 58.0. The number of aliphatic hydroxyl groups excluding tert-OH is 5. The van der Waals surface area contributed by atoms with Gasteiger partial charge in [0.2, 0.25) is 5.91 Å². The lowest BCUT2D eigenvalue weighted by Crippen LogP contribution is -2.67. The lowest BCUT2D eigenvalue weighted by Gasteiger charge is -2.49. The first-order valence-electron chi connectivity index (χ1n) is 22.6. The molecule has 2 saturated carbocycles. The van der Waals surface area contributed by atoms with Crippen molar-refractivity contribution >= 4 is 44.4 Å². The van der Waals surface area contributed by atoms with Crippen LogP contribution < -0.4 is 10.6 Å². The van der Waals surface area contributed by atoms with Crippen LogP contribution in [0.1, 0.15) is 91.4 Å². The van der Waals surface area contributed by atoms with E-state index in [2.05, 4.69) is 19.0 Å². The SMILES string of the molecule is CC[C@@H]1CC(C(=O)CCCNC(=O)[C@H](OS(=O)(=O)O)[C@H](COC)OS(=O)(=O)O)C[C@@H](O[C@@H]2O[C@@H](CO)[C@H](O)C(O[C@@H](CC3CCCCC3)C(=O)O)C2NC(C)=O)C1O[C@@H]1OC(C)[C@@H](O)[C@H](O)C1O. The number of hydrogen-bond donors (Lipinski definition) is 10. The van der Waals surface area contributed by atoms with Crippen LogP contribution in [0.3, 0.4) is 0 Å². The molecule has 10 N–H and O–H groups in total. The highest BCUT2D eigenvalue weighted by Gasteiger charge is 2.53. The molecule has 2 saturated heterocycles. The molecule has 0 aromatic heterocycles. The normalized spacial score (nSPS) is 34.3. The van der Waals surface area contributed by atoms with Gasteiger partial charge in [0.25, 0.3) is 5.91 Å². The Morgan fingerprint density at radius 3 is 2.07 bits per heavy atom. The zero-order chi connectivity index (χ0) is 50.7. The summed E-state index contributed by atoms with van der Waals surface area (Å²) in [7, 11) is -9.68. The highest BCUT2D eigenvalue weighted by Crippen LogP contribution is 2.40. The Kier molecular flexibility index (Phi) is 22.3. The molecule has 26 nitrogen and oxygen atoms in total. The number of hydrogen-bond acceptors (Lipinski definition) is 21. The van der Waals surface area contributed by atoms with Gasteiger partial charge in [0, 0.05) is 32.9 Å². The number of Topliss-reactive ketones (excluding diaryl/α,β-unsaturated/α-hetero) is 1. The maximum atomic E-state index is 14.0. The second kappa shape index (κ2) is 26.2. The number of nitrogens with one attached hydrogen (secondary N) is 2. The van der Waals surface area contributed by atoms with E-state index in [0.29, 0.717) is 6.42 Å². The van der Waals surface area contributed by atoms with Gasteiger partial charge in [-0.3, -0.25) is 23.5 Å². The molecule has 4 aliphatic rings. The van der Waals surface area contributed by atoms with Gasteiger partial charge in [-0.05, 0) is 44.4 Å². The van der Waals surface area contributed by atoms with Crippen LogP contribution >= 0.6 is 0 Å². The first-order chi connectivity index (χ1) is 31.9. The van der Waals surface area contributed by atoms with Gasteiger partial charge in [0.15, 0.2) is 24.8 Å². The Hall–Kier alpha value is -2.62. The predicted molar refractivity (Wildman–Crippen MR) is 227 cm³/mol. The molecule has 6 unspecified atom stereocenters. The number of carbonyl (C=O) groups excluding carboxylic acids is 3. The lowest BCUT2D eigenvalue weighted by molar-refractivity contribution is -0.338. The number of carboxylic acids is 1. The Labute approximate surface area is 394 Å². The average Bonchev–Trinajstić information content (AvgIpc) is 3.26. The largest absolute Gasteiger partial charge is 0.479 e. The van der Waals surface area contributed by atoms with Crippen LogP contribution in [0.25, 0.3) is 0 Å². The van der Waals surface area contributed by atoms with Gasteiger partial charge in [-0.25, -0.2) is 13.2 Å². The number of aliphatic carboxylic acids is 1. The van der Waals surface area contributed by atoms with E-state index in [-0.39, 0.29) is 50.4 Å². The molecule has 28 heteroatoms. The van der Waals surface area contributed by atoms with Crippen LogP contribution in [0, 0.1) is 17.8 Å². The third-order valence-electron chi connectivity index (χ3n) is 12.7. The van der Waals surface area contributed by atoms with E-state index in [0.717, 1.165) is 46.1 Å². The number of ether oxygens (including phenoxy) is 6. The molecule has 2 heterocycles. The number of carboxylic acid groups (broad SMARTS) is 1. The number of aliphatic hydroxyl groups is 5. The number of carbonyl (C=O) groups is 4. The molecule has 0 bridgehead atoms. The van der Waals surface area contributed by atoms with Gasteiger partial charge >= 0.3 is 26.8 Å². The summed E-state index contributed by atoms with van der Waals surface area (Å²) in [6.45, 7) is 2.39. The quantitative estimate of drug-likeness (QED) is 0.0346. The Bertz CT molecular complexity index is 1870. The number of rotatable bonds is 25. The number of amides is 2. The van der Waals surface area contributed by atoms with Crippen LogP contribution in [-0.4, -0.2) is 199 Å². The molecule has 0 spiro atoms. The van der Waals surface area contributed by atoms with Gasteiger partial charge in [0.1, 0.15) is 54.6 Å². The van der Waals surface area contributed by atoms with Gasteiger partial charge in [-0.1, -0.05) is 45.4 Å². The third-order valence-corrected chi connectivity index (χ3v) is 13.7. The smallest absolute Gasteiger partial charge is 0.398 e. The molecule has 0 aromatic carbocycles. The molecule has 0 aromatic rings. The van der Waals surface area contributed by atoms with Crippen molar-refractivity contribution in [2.24, 2.45) is 17.8 Å². The minimum absolute atomic E-state index is 0.00943. The molecule has 2 aliphatic heterocycles. The lowest BCUT2D eigenvalue weighted by atomic mass is 9.74. The summed E-state index contributed by atoms with van der Waals surface area (Å²) in [5.74, 6) is -5.11. The molecule has 68 heavy (non-hydrogen) atoms. The van der Waals surface area contributed by atoms with E-state index >= 15 is 0 Å². The Morgan fingerprint density at radius 1 is 0.838 bits per heavy atom. The number of ketones is 1. The van der Waals surface area contributed by atoms with E-state index in [4.69, 9.17) is 33.0 Å². The molecule has 17 atom stereocenters. The van der Waals surface area contributed by atoms with Gasteiger partial charge in [-0.2, -0.15) is 16.8 Å². The molecule has 2 aliphatic carbocycles. The molecule has 4 rings (SSSR count). The fourth-order valence-corrected chi connectivity index (χ4v) is 10.2. The van der Waals surface area contributed by atoms with Crippen molar-refractivity contribution in [2.45, 2.75) is 183 Å². The van der Waals surface area contributed by atoms with Crippen molar-refractivity contribution in [3.05, 3.63) is 0 Å². The highest BCUT2D eigenvalue weighted by molar-refractivity contribution is 7.81. The molecule has 394 valence electrons. The molecular formula is C40H68N2O24S2. The van der Waals surface area contributed by atoms with Crippen molar-refractivity contribution in [1.82, 2.24) is 10.6 Å². The number of methoxy groups -OCH3 is 1. The van der Waals surface area contributed by atoms with E-state index in [9.17, 15) is 71.2 Å². The van der Waals surface area contributed by atoms with Crippen LogP contribution in [-0.2, 0) is 76.8 Å². The fourth-order valence-electron chi connectivity index (χ4n) is 9.29. The van der Waals surface area contributed by atoms with E-state index in [1.807, 2.05) is 0 Å². The van der Waals surface area contributed by atoms with Gasteiger partial charge in [-0.15, -0.1) is 0 Å². The fraction of sp³-hybridized carbons (Fsp3) is 0.900. The minimum atomic E-state index is -5.41. The van der Waals surface area contributed by atoms with Crippen LogP contribution in [0.15, 0.2) is 0 Å². The van der Waals surface area contributed by atoms with Crippen molar-refractivity contribution in [3.63, 3.8) is 0 Å². The monoisotopic (exact) mass is 1020 g/mol. The van der Waals surface area contributed by atoms with E-state index in [1.165, 1.54) is 6.92 Å². The summed E-state index contributed by atoms with van der Waals surface area (Å²) < 4.78 is 109. The topological polar surface area (TPSA) is 396 Å². The molecule has 0 radical (unpaired) electrons. The van der Waals surface area contributed by atoms with Crippen LogP contribution in [0.5, 0.6) is 0 Å². The standard InChI is InChI=1S/C40H68N2O24S2/c1-5-22-15-23(24(45)12-9-13-41-37(50)35(66-68(56,57)58)28(18-59-4)65-67(53,54)55)16-25(34(22)64-40-33(49)32(48)30(46)19(2)60-40)62-39-29(42-20(3)44)36(31(47)27(17-43)63-39)61-26(38(51)52)14-21-10-7-6-8-11-21/h19,21-23,25-36,39-40,43,46-49H,5-18H2,1-4H3,(H,41,50)(H,42,44)(H,51,52)(H,53,54,55)(H,56,57,58)/t19?,22-,23?,25-,26+,27+,28+,29?,30-,31+,32+,33?,34?,35-,36?,39-,40+/m1/s1. The Balaban J connectivity index is 1.61. The summed E-state index contributed by atoms with van der Waals surface area (Å²) in [6, 6.07) is -1.42. The maximum absolute atomic E-state index is 14.0. The third kappa shape index (κ3) is 16.7. The van der Waals surface area contributed by atoms with Crippen molar-refractivity contribution in [3.8, 4) is 0 Å². The molecular weight excluding hydrogens is 957 g/mol. The van der Waals surface area contributed by atoms with Crippen molar-refractivity contribution in [2.75, 3.05) is 26.9 Å². The van der Waals surface area contributed by atoms with E-state index in [1.54, 1.807) is 6.92 Å². The molecule has 2 amide bonds. The summed E-state index contributed by atoms with van der Waals surface area (Å²) in [4.78, 5) is 52.4. The van der Waals surface area contributed by atoms with Gasteiger partial charge in [0.05, 0.1) is 31.5 Å². The minimum Gasteiger partial charge on any atom is -0.479 e. The van der Waals surface area contributed by atoms with Crippen molar-refractivity contribution < 1.29 is 113 Å². The first-order valence-corrected chi connectivity index (χ1v) is 25.3.